The van der Waals surface area contributed by atoms with Gasteiger partial charge in [-0.25, -0.2) is 14.6 Å². The predicted molar refractivity (Wildman–Crippen MR) is 55.7 cm³/mol. The van der Waals surface area contributed by atoms with Crippen molar-refractivity contribution >= 4 is 5.78 Å². The maximum absolute atomic E-state index is 11.3. The number of methoxy groups -OCH3 is 1. The molecular weight excluding hydrogens is 208 g/mol. The number of Topliss-reactive ketones (excluding diaryl/α,β-unsaturated/α-hetero) is 1. The van der Waals surface area contributed by atoms with Crippen molar-refractivity contribution in [3.63, 3.8) is 0 Å². The fourth-order valence-electron chi connectivity index (χ4n) is 1.26. The lowest BCUT2D eigenvalue weighted by atomic mass is 10.2. The molecule has 2 heterocycles. The molecular formula is C10H10N4O2. The summed E-state index contributed by atoms with van der Waals surface area (Å²) in [6.07, 6.45) is 4.75. The van der Waals surface area contributed by atoms with Gasteiger partial charge in [-0.3, -0.25) is 4.79 Å². The smallest absolute Gasteiger partial charge is 0.250 e. The average Bonchev–Trinajstić information content (AvgIpc) is 2.74. The normalized spacial score (nSPS) is 10.1. The number of hydrogen-bond donors (Lipinski definition) is 0. The van der Waals surface area contributed by atoms with E-state index in [-0.39, 0.29) is 11.7 Å². The third-order valence-corrected chi connectivity index (χ3v) is 2.01. The van der Waals surface area contributed by atoms with Crippen molar-refractivity contribution in [3.8, 4) is 11.8 Å². The quantitative estimate of drug-likeness (QED) is 0.715. The predicted octanol–water partition coefficient (Wildman–Crippen LogP) is 0.874. The zero-order valence-electron chi connectivity index (χ0n) is 8.91. The van der Waals surface area contributed by atoms with E-state index in [2.05, 4.69) is 15.1 Å². The second-order valence-electron chi connectivity index (χ2n) is 3.10. The maximum atomic E-state index is 11.3. The standard InChI is InChI=1S/C10H10N4O2/c1-7(15)8-6-14(13-9(8)16-2)10-11-4-3-5-12-10/h3-6H,1-2H3. The molecule has 0 N–H and O–H groups in total. The summed E-state index contributed by atoms with van der Waals surface area (Å²) in [6, 6.07) is 1.70. The molecule has 6 heteroatoms. The Kier molecular flexibility index (Phi) is 2.63. The van der Waals surface area contributed by atoms with Crippen LogP contribution in [-0.2, 0) is 0 Å². The highest BCUT2D eigenvalue weighted by Crippen LogP contribution is 2.17. The van der Waals surface area contributed by atoms with Crippen LogP contribution in [0.2, 0.25) is 0 Å². The highest BCUT2D eigenvalue weighted by Gasteiger charge is 2.14. The molecule has 6 nitrogen and oxygen atoms in total. The van der Waals surface area contributed by atoms with Crippen LogP contribution in [0.1, 0.15) is 17.3 Å². The third kappa shape index (κ3) is 1.77. The molecule has 2 rings (SSSR count). The highest BCUT2D eigenvalue weighted by molar-refractivity contribution is 5.96. The van der Waals surface area contributed by atoms with E-state index in [0.717, 1.165) is 0 Å². The zero-order chi connectivity index (χ0) is 11.5. The van der Waals surface area contributed by atoms with Crippen molar-refractivity contribution in [1.82, 2.24) is 19.7 Å². The van der Waals surface area contributed by atoms with Gasteiger partial charge in [0.05, 0.1) is 12.7 Å². The average molecular weight is 218 g/mol. The van der Waals surface area contributed by atoms with Crippen LogP contribution >= 0.6 is 0 Å². The van der Waals surface area contributed by atoms with Crippen LogP contribution in [0.15, 0.2) is 24.7 Å². The summed E-state index contributed by atoms with van der Waals surface area (Å²) in [5, 5.41) is 4.07. The first-order chi connectivity index (χ1) is 7.72. The summed E-state index contributed by atoms with van der Waals surface area (Å²) in [6.45, 7) is 1.45. The Bertz CT molecular complexity index is 507. The molecule has 0 saturated heterocycles. The Hall–Kier alpha value is -2.24. The van der Waals surface area contributed by atoms with E-state index < -0.39 is 0 Å². The van der Waals surface area contributed by atoms with Crippen molar-refractivity contribution in [3.05, 3.63) is 30.2 Å². The lowest BCUT2D eigenvalue weighted by Gasteiger charge is -1.96. The van der Waals surface area contributed by atoms with Gasteiger partial charge in [0.15, 0.2) is 5.78 Å². The van der Waals surface area contributed by atoms with E-state index in [0.29, 0.717) is 11.5 Å². The number of carbonyl (C=O) groups is 1. The number of ether oxygens (including phenoxy) is 1. The van der Waals surface area contributed by atoms with E-state index in [1.165, 1.54) is 18.7 Å². The van der Waals surface area contributed by atoms with E-state index in [1.54, 1.807) is 24.7 Å². The second-order valence-corrected chi connectivity index (χ2v) is 3.10. The molecule has 0 fully saturated rings. The van der Waals surface area contributed by atoms with Gasteiger partial charge < -0.3 is 4.74 Å². The fraction of sp³-hybridized carbons (Fsp3) is 0.200. The van der Waals surface area contributed by atoms with Crippen molar-refractivity contribution in [2.24, 2.45) is 0 Å². The topological polar surface area (TPSA) is 69.9 Å². The third-order valence-electron chi connectivity index (χ3n) is 2.01. The first-order valence-corrected chi connectivity index (χ1v) is 4.64. The van der Waals surface area contributed by atoms with Gasteiger partial charge in [0.25, 0.3) is 5.95 Å². The van der Waals surface area contributed by atoms with Crippen LogP contribution in [0.25, 0.3) is 5.95 Å². The van der Waals surface area contributed by atoms with Crippen LogP contribution < -0.4 is 4.74 Å². The van der Waals surface area contributed by atoms with Gasteiger partial charge in [-0.1, -0.05) is 0 Å². The van der Waals surface area contributed by atoms with Gasteiger partial charge in [0, 0.05) is 18.6 Å². The summed E-state index contributed by atoms with van der Waals surface area (Å²) in [5.74, 6) is 0.562. The Morgan fingerprint density at radius 2 is 2.06 bits per heavy atom. The van der Waals surface area contributed by atoms with Crippen LogP contribution in [0.4, 0.5) is 0 Å². The van der Waals surface area contributed by atoms with Crippen LogP contribution in [0.5, 0.6) is 5.88 Å². The molecule has 2 aromatic heterocycles. The number of carbonyl (C=O) groups excluding carboxylic acids is 1. The molecule has 0 aromatic carbocycles. The molecule has 0 radical (unpaired) electrons. The first-order valence-electron chi connectivity index (χ1n) is 4.64. The van der Waals surface area contributed by atoms with E-state index in [9.17, 15) is 4.79 Å². The van der Waals surface area contributed by atoms with Crippen molar-refractivity contribution in [1.29, 1.82) is 0 Å². The van der Waals surface area contributed by atoms with Gasteiger partial charge in [0.2, 0.25) is 5.88 Å². The summed E-state index contributed by atoms with van der Waals surface area (Å²) in [7, 11) is 1.46. The lowest BCUT2D eigenvalue weighted by molar-refractivity contribution is 0.101. The van der Waals surface area contributed by atoms with Gasteiger partial charge in [-0.05, 0) is 13.0 Å². The summed E-state index contributed by atoms with van der Waals surface area (Å²) in [4.78, 5) is 19.3. The number of nitrogens with zero attached hydrogens (tertiary/aromatic N) is 4. The maximum Gasteiger partial charge on any atom is 0.250 e. The first kappa shape index (κ1) is 10.3. The highest BCUT2D eigenvalue weighted by atomic mass is 16.5. The number of rotatable bonds is 3. The molecule has 82 valence electrons. The Labute approximate surface area is 91.9 Å². The molecule has 2 aromatic rings. The second kappa shape index (κ2) is 4.09. The summed E-state index contributed by atoms with van der Waals surface area (Å²) < 4.78 is 6.41. The van der Waals surface area contributed by atoms with E-state index in [1.807, 2.05) is 0 Å². The minimum Gasteiger partial charge on any atom is -0.479 e. The van der Waals surface area contributed by atoms with E-state index >= 15 is 0 Å². The van der Waals surface area contributed by atoms with Crippen molar-refractivity contribution in [2.75, 3.05) is 7.11 Å². The molecule has 0 aliphatic rings. The summed E-state index contributed by atoms with van der Waals surface area (Å²) in [5.41, 5.74) is 0.412. The molecule has 0 amide bonds. The van der Waals surface area contributed by atoms with Crippen LogP contribution in [-0.4, -0.2) is 32.6 Å². The SMILES string of the molecule is COc1nn(-c2ncccn2)cc1C(C)=O. The molecule has 0 spiro atoms. The van der Waals surface area contributed by atoms with E-state index in [4.69, 9.17) is 4.74 Å². The van der Waals surface area contributed by atoms with Gasteiger partial charge in [-0.15, -0.1) is 5.10 Å². The Balaban J connectivity index is 2.48. The molecule has 0 aliphatic heterocycles. The number of aromatic nitrogens is 4. The van der Waals surface area contributed by atoms with Crippen LogP contribution in [0, 0.1) is 0 Å². The lowest BCUT2D eigenvalue weighted by Crippen LogP contribution is -2.00. The number of ketones is 1. The largest absolute Gasteiger partial charge is 0.479 e. The Morgan fingerprint density at radius 1 is 1.38 bits per heavy atom. The minimum absolute atomic E-state index is 0.112. The van der Waals surface area contributed by atoms with Gasteiger partial charge >= 0.3 is 0 Å². The zero-order valence-corrected chi connectivity index (χ0v) is 8.91. The Morgan fingerprint density at radius 3 is 2.56 bits per heavy atom. The molecule has 0 saturated carbocycles. The van der Waals surface area contributed by atoms with Gasteiger partial charge in [0.1, 0.15) is 0 Å². The molecule has 16 heavy (non-hydrogen) atoms. The summed E-state index contributed by atoms with van der Waals surface area (Å²) >= 11 is 0. The molecule has 0 aliphatic carbocycles. The fourth-order valence-corrected chi connectivity index (χ4v) is 1.26. The molecule has 0 atom stereocenters. The van der Waals surface area contributed by atoms with Gasteiger partial charge in [-0.2, -0.15) is 0 Å². The minimum atomic E-state index is -0.112. The monoisotopic (exact) mass is 218 g/mol. The van der Waals surface area contributed by atoms with Crippen molar-refractivity contribution in [2.45, 2.75) is 6.92 Å². The van der Waals surface area contributed by atoms with Crippen molar-refractivity contribution < 1.29 is 9.53 Å². The van der Waals surface area contributed by atoms with Crippen LogP contribution in [0.3, 0.4) is 0 Å². The molecule has 0 bridgehead atoms. The molecule has 0 unspecified atom stereocenters. The number of hydrogen-bond acceptors (Lipinski definition) is 5.